The lowest BCUT2D eigenvalue weighted by atomic mass is 9.94. The maximum Gasteiger partial charge on any atom is 0.407 e. The molecule has 9 heteroatoms. The van der Waals surface area contributed by atoms with Gasteiger partial charge in [0.1, 0.15) is 17.2 Å². The van der Waals surface area contributed by atoms with Gasteiger partial charge in [0.15, 0.2) is 0 Å². The predicted octanol–water partition coefficient (Wildman–Crippen LogP) is 3.99. The van der Waals surface area contributed by atoms with E-state index in [2.05, 4.69) is 16.7 Å². The van der Waals surface area contributed by atoms with Gasteiger partial charge in [-0.05, 0) is 42.7 Å². The summed E-state index contributed by atoms with van der Waals surface area (Å²) >= 11 is 1.36. The van der Waals surface area contributed by atoms with Crippen molar-refractivity contribution in [2.24, 2.45) is 7.05 Å². The average Bonchev–Trinajstić information content (AvgIpc) is 3.50. The molecule has 1 aliphatic rings. The molecule has 3 heterocycles. The van der Waals surface area contributed by atoms with Crippen LogP contribution in [0.15, 0.2) is 47.4 Å². The number of ether oxygens (including phenoxy) is 1. The minimum absolute atomic E-state index is 0.273. The molecule has 1 aliphatic carbocycles. The number of furan rings is 1. The molecular formula is C23H22N4O4S. The summed E-state index contributed by atoms with van der Waals surface area (Å²) in [5.41, 5.74) is 3.17. The molecule has 0 radical (unpaired) electrons. The Morgan fingerprint density at radius 2 is 2.31 bits per heavy atom. The number of anilines is 1. The Morgan fingerprint density at radius 3 is 3.03 bits per heavy atom. The van der Waals surface area contributed by atoms with Gasteiger partial charge in [-0.25, -0.2) is 4.79 Å². The minimum Gasteiger partial charge on any atom is -0.472 e. The molecule has 1 atom stereocenters. The van der Waals surface area contributed by atoms with Crippen LogP contribution in [0.2, 0.25) is 0 Å². The van der Waals surface area contributed by atoms with Crippen molar-refractivity contribution in [1.29, 1.82) is 5.26 Å². The van der Waals surface area contributed by atoms with Crippen molar-refractivity contribution in [3.8, 4) is 6.07 Å². The van der Waals surface area contributed by atoms with Gasteiger partial charge in [-0.15, -0.1) is 11.3 Å². The SMILES string of the molecule is Cn1cccc1CNC(=O)OC1CCc2c(sc(NC(=O)/C=C/c3ccoc3)c2C#N)C1. The van der Waals surface area contributed by atoms with Crippen LogP contribution in [0.5, 0.6) is 0 Å². The molecule has 0 aliphatic heterocycles. The van der Waals surface area contributed by atoms with Gasteiger partial charge in [-0.1, -0.05) is 0 Å². The molecule has 0 fully saturated rings. The third-order valence-corrected chi connectivity index (χ3v) is 6.45. The third kappa shape index (κ3) is 4.92. The fourth-order valence-electron chi connectivity index (χ4n) is 3.59. The number of carbonyl (C=O) groups is 2. The number of rotatable bonds is 6. The lowest BCUT2D eigenvalue weighted by Crippen LogP contribution is -2.32. The number of carbonyl (C=O) groups excluding carboxylic acids is 2. The summed E-state index contributed by atoms with van der Waals surface area (Å²) in [5.74, 6) is -0.325. The van der Waals surface area contributed by atoms with Gasteiger partial charge in [0.05, 0.1) is 24.6 Å². The normalized spacial score (nSPS) is 15.2. The number of hydrogen-bond acceptors (Lipinski definition) is 6. The van der Waals surface area contributed by atoms with E-state index in [0.717, 1.165) is 21.7 Å². The van der Waals surface area contributed by atoms with Crippen LogP contribution in [0.25, 0.3) is 6.08 Å². The van der Waals surface area contributed by atoms with Crippen molar-refractivity contribution in [3.05, 3.63) is 70.3 Å². The Kier molecular flexibility index (Phi) is 6.42. The first kappa shape index (κ1) is 21.5. The van der Waals surface area contributed by atoms with Gasteiger partial charge in [0, 0.05) is 41.9 Å². The number of aromatic nitrogens is 1. The zero-order chi connectivity index (χ0) is 22.5. The van der Waals surface area contributed by atoms with E-state index in [1.54, 1.807) is 12.1 Å². The maximum absolute atomic E-state index is 12.3. The molecular weight excluding hydrogens is 428 g/mol. The van der Waals surface area contributed by atoms with E-state index in [9.17, 15) is 14.9 Å². The fourth-order valence-corrected chi connectivity index (χ4v) is 4.86. The van der Waals surface area contributed by atoms with Crippen molar-refractivity contribution >= 4 is 34.4 Å². The second-order valence-electron chi connectivity index (χ2n) is 7.43. The van der Waals surface area contributed by atoms with Crippen LogP contribution in [0.3, 0.4) is 0 Å². The Labute approximate surface area is 189 Å². The molecule has 32 heavy (non-hydrogen) atoms. The number of fused-ring (bicyclic) bond motifs is 1. The quantitative estimate of drug-likeness (QED) is 0.552. The summed E-state index contributed by atoms with van der Waals surface area (Å²) < 4.78 is 12.5. The summed E-state index contributed by atoms with van der Waals surface area (Å²) in [6.45, 7) is 0.389. The number of amides is 2. The smallest absolute Gasteiger partial charge is 0.407 e. The van der Waals surface area contributed by atoms with Crippen LogP contribution < -0.4 is 10.6 Å². The van der Waals surface area contributed by atoms with Crippen molar-refractivity contribution in [2.75, 3.05) is 5.32 Å². The first-order chi connectivity index (χ1) is 15.5. The number of thiophene rings is 1. The molecule has 4 rings (SSSR count). The Hall–Kier alpha value is -3.77. The second kappa shape index (κ2) is 9.58. The van der Waals surface area contributed by atoms with E-state index in [-0.39, 0.29) is 12.0 Å². The molecule has 0 spiro atoms. The predicted molar refractivity (Wildman–Crippen MR) is 120 cm³/mol. The number of hydrogen-bond donors (Lipinski definition) is 2. The lowest BCUT2D eigenvalue weighted by Gasteiger charge is -2.22. The standard InChI is InChI=1S/C23H22N4O4S/c1-27-9-2-3-16(27)13-25-23(29)31-17-5-6-18-19(12-24)22(32-20(18)11-17)26-21(28)7-4-15-8-10-30-14-15/h2-4,7-10,14,17H,5-6,11,13H2,1H3,(H,25,29)(H,26,28)/b7-4+. The molecule has 0 aromatic carbocycles. The van der Waals surface area contributed by atoms with Crippen molar-refractivity contribution in [3.63, 3.8) is 0 Å². The molecule has 3 aromatic heterocycles. The van der Waals surface area contributed by atoms with E-state index < -0.39 is 6.09 Å². The zero-order valence-corrected chi connectivity index (χ0v) is 18.3. The topological polar surface area (TPSA) is 109 Å². The van der Waals surface area contributed by atoms with E-state index in [1.165, 1.54) is 29.9 Å². The summed E-state index contributed by atoms with van der Waals surface area (Å²) in [6, 6.07) is 7.80. The van der Waals surface area contributed by atoms with Gasteiger partial charge < -0.3 is 24.4 Å². The van der Waals surface area contributed by atoms with Crippen LogP contribution in [-0.2, 0) is 36.0 Å². The first-order valence-corrected chi connectivity index (χ1v) is 11.0. The van der Waals surface area contributed by atoms with Crippen molar-refractivity contribution < 1.29 is 18.7 Å². The van der Waals surface area contributed by atoms with E-state index in [0.29, 0.717) is 36.4 Å². The van der Waals surface area contributed by atoms with Crippen LogP contribution >= 0.6 is 11.3 Å². The highest BCUT2D eigenvalue weighted by molar-refractivity contribution is 7.16. The first-order valence-electron chi connectivity index (χ1n) is 10.1. The average molecular weight is 451 g/mol. The largest absolute Gasteiger partial charge is 0.472 e. The summed E-state index contributed by atoms with van der Waals surface area (Å²) in [6.07, 6.45) is 9.04. The van der Waals surface area contributed by atoms with E-state index >= 15 is 0 Å². The number of nitrogens with one attached hydrogen (secondary N) is 2. The molecule has 0 saturated heterocycles. The molecule has 0 saturated carbocycles. The van der Waals surface area contributed by atoms with Gasteiger partial charge in [-0.2, -0.15) is 5.26 Å². The molecule has 2 N–H and O–H groups in total. The summed E-state index contributed by atoms with van der Waals surface area (Å²) in [4.78, 5) is 25.5. The summed E-state index contributed by atoms with van der Waals surface area (Å²) in [5, 5.41) is 15.7. The lowest BCUT2D eigenvalue weighted by molar-refractivity contribution is -0.111. The number of alkyl carbamates (subject to hydrolysis) is 1. The second-order valence-corrected chi connectivity index (χ2v) is 8.54. The molecule has 3 aromatic rings. The highest BCUT2D eigenvalue weighted by atomic mass is 32.1. The molecule has 2 amide bonds. The van der Waals surface area contributed by atoms with E-state index in [4.69, 9.17) is 9.15 Å². The van der Waals surface area contributed by atoms with Gasteiger partial charge in [0.25, 0.3) is 0 Å². The number of nitriles is 1. The molecule has 0 bridgehead atoms. The Bertz CT molecular complexity index is 1180. The maximum atomic E-state index is 12.3. The van der Waals surface area contributed by atoms with Crippen molar-refractivity contribution in [2.45, 2.75) is 31.9 Å². The summed E-state index contributed by atoms with van der Waals surface area (Å²) in [7, 11) is 1.91. The molecule has 8 nitrogen and oxygen atoms in total. The number of nitrogens with zero attached hydrogens (tertiary/aromatic N) is 2. The zero-order valence-electron chi connectivity index (χ0n) is 17.5. The molecule has 164 valence electrons. The third-order valence-electron chi connectivity index (χ3n) is 5.28. The minimum atomic E-state index is -0.463. The molecule has 1 unspecified atom stereocenters. The van der Waals surface area contributed by atoms with E-state index in [1.807, 2.05) is 29.9 Å². The fraction of sp³-hybridized carbons (Fsp3) is 0.261. The van der Waals surface area contributed by atoms with Crippen molar-refractivity contribution in [1.82, 2.24) is 9.88 Å². The van der Waals surface area contributed by atoms with Gasteiger partial charge >= 0.3 is 6.09 Å². The van der Waals surface area contributed by atoms with Gasteiger partial charge in [0.2, 0.25) is 5.91 Å². The Morgan fingerprint density at radius 1 is 1.44 bits per heavy atom. The van der Waals surface area contributed by atoms with Crippen LogP contribution in [0, 0.1) is 11.3 Å². The van der Waals surface area contributed by atoms with Crippen LogP contribution in [-0.4, -0.2) is 22.7 Å². The van der Waals surface area contributed by atoms with Gasteiger partial charge in [-0.3, -0.25) is 4.79 Å². The highest BCUT2D eigenvalue weighted by Gasteiger charge is 2.28. The number of aryl methyl sites for hydroxylation is 1. The Balaban J connectivity index is 1.36. The van der Waals surface area contributed by atoms with Crippen LogP contribution in [0.1, 0.15) is 33.7 Å². The van der Waals surface area contributed by atoms with Crippen LogP contribution in [0.4, 0.5) is 9.80 Å². The monoisotopic (exact) mass is 450 g/mol. The highest BCUT2D eigenvalue weighted by Crippen LogP contribution is 2.38.